The number of amides is 1. The lowest BCUT2D eigenvalue weighted by Gasteiger charge is -2.23. The number of carbonyl (C=O) groups is 2. The number of hydrogen-bond acceptors (Lipinski definition) is 6. The predicted molar refractivity (Wildman–Crippen MR) is 119 cm³/mol. The van der Waals surface area contributed by atoms with Gasteiger partial charge in [-0.1, -0.05) is 0 Å². The van der Waals surface area contributed by atoms with Gasteiger partial charge in [0.05, 0.1) is 49.4 Å². The Morgan fingerprint density at radius 1 is 1.18 bits per heavy atom. The van der Waals surface area contributed by atoms with Crippen LogP contribution in [0.5, 0.6) is 0 Å². The van der Waals surface area contributed by atoms with E-state index in [4.69, 9.17) is 9.47 Å². The second-order valence-electron chi connectivity index (χ2n) is 8.11. The standard InChI is InChI=1S/C24H25F2N3O5/c1-14-5-7-29-19(12-16-13-28(24(31)33-3)6-4-8-34-16)22(27-20(29)9-14)21-17(25)10-15(11-18(21)26)23(30)32-2/h5,7,9-11,16H,4,6,8,12-13H2,1-3H3. The lowest BCUT2D eigenvalue weighted by molar-refractivity contribution is 0.0514. The van der Waals surface area contributed by atoms with Crippen molar-refractivity contribution in [2.75, 3.05) is 33.9 Å². The van der Waals surface area contributed by atoms with Crippen LogP contribution < -0.4 is 0 Å². The van der Waals surface area contributed by atoms with Crippen molar-refractivity contribution >= 4 is 17.7 Å². The first-order chi connectivity index (χ1) is 16.3. The van der Waals surface area contributed by atoms with Crippen LogP contribution in [-0.4, -0.2) is 66.4 Å². The number of esters is 1. The van der Waals surface area contributed by atoms with Crippen LogP contribution in [-0.2, 0) is 20.6 Å². The number of nitrogens with zero attached hydrogens (tertiary/aromatic N) is 3. The smallest absolute Gasteiger partial charge is 0.409 e. The van der Waals surface area contributed by atoms with Gasteiger partial charge in [-0.25, -0.2) is 23.4 Å². The zero-order valence-corrected chi connectivity index (χ0v) is 19.1. The van der Waals surface area contributed by atoms with Gasteiger partial charge in [0.15, 0.2) is 0 Å². The molecule has 1 unspecified atom stereocenters. The number of ether oxygens (including phenoxy) is 3. The summed E-state index contributed by atoms with van der Waals surface area (Å²) < 4.78 is 47.4. The summed E-state index contributed by atoms with van der Waals surface area (Å²) in [7, 11) is 2.45. The van der Waals surface area contributed by atoms with Gasteiger partial charge in [0, 0.05) is 25.8 Å². The van der Waals surface area contributed by atoms with Crippen molar-refractivity contribution < 1.29 is 32.6 Å². The molecule has 1 saturated heterocycles. The SMILES string of the molecule is COC(=O)c1cc(F)c(-c2nc3cc(C)ccn3c2CC2CN(C(=O)OC)CCCO2)c(F)c1. The summed E-state index contributed by atoms with van der Waals surface area (Å²) in [6, 6.07) is 5.54. The summed E-state index contributed by atoms with van der Waals surface area (Å²) in [4.78, 5) is 30.0. The Bertz CT molecular complexity index is 1220. The van der Waals surface area contributed by atoms with E-state index in [0.29, 0.717) is 30.9 Å². The van der Waals surface area contributed by atoms with E-state index >= 15 is 8.78 Å². The zero-order chi connectivity index (χ0) is 24.4. The minimum atomic E-state index is -0.931. The summed E-state index contributed by atoms with van der Waals surface area (Å²) >= 11 is 0. The summed E-state index contributed by atoms with van der Waals surface area (Å²) in [6.45, 7) is 3.07. The Balaban J connectivity index is 1.80. The first-order valence-corrected chi connectivity index (χ1v) is 10.8. The van der Waals surface area contributed by atoms with Crippen LogP contribution in [0.4, 0.5) is 13.6 Å². The highest BCUT2D eigenvalue weighted by atomic mass is 19.1. The Kier molecular flexibility index (Phi) is 6.78. The van der Waals surface area contributed by atoms with Crippen molar-refractivity contribution in [1.82, 2.24) is 14.3 Å². The molecule has 0 radical (unpaired) electrons. The number of methoxy groups -OCH3 is 2. The highest BCUT2D eigenvalue weighted by molar-refractivity contribution is 5.90. The van der Waals surface area contributed by atoms with Crippen LogP contribution in [0.1, 0.15) is 28.0 Å². The second-order valence-corrected chi connectivity index (χ2v) is 8.11. The second kappa shape index (κ2) is 9.76. The maximum Gasteiger partial charge on any atom is 0.409 e. The lowest BCUT2D eigenvalue weighted by atomic mass is 10.0. The molecule has 1 amide bonds. The van der Waals surface area contributed by atoms with E-state index < -0.39 is 29.8 Å². The molecule has 3 aromatic rings. The number of imidazole rings is 1. The van der Waals surface area contributed by atoms with Crippen LogP contribution >= 0.6 is 0 Å². The van der Waals surface area contributed by atoms with Crippen LogP contribution in [0.25, 0.3) is 16.9 Å². The molecule has 1 aliphatic heterocycles. The van der Waals surface area contributed by atoms with E-state index in [0.717, 1.165) is 24.8 Å². The molecule has 34 heavy (non-hydrogen) atoms. The number of rotatable bonds is 4. The number of carbonyl (C=O) groups excluding carboxylic acids is 2. The zero-order valence-electron chi connectivity index (χ0n) is 19.1. The van der Waals surface area contributed by atoms with Gasteiger partial charge in [-0.05, 0) is 43.2 Å². The molecule has 0 spiro atoms. The van der Waals surface area contributed by atoms with Gasteiger partial charge in [0.1, 0.15) is 17.3 Å². The fourth-order valence-electron chi connectivity index (χ4n) is 4.16. The van der Waals surface area contributed by atoms with E-state index in [1.54, 1.807) is 21.6 Å². The molecule has 1 aliphatic rings. The average Bonchev–Trinajstić information content (AvgIpc) is 2.98. The number of aromatic nitrogens is 2. The summed E-state index contributed by atoms with van der Waals surface area (Å²) in [6.07, 6.45) is 1.76. The lowest BCUT2D eigenvalue weighted by Crippen LogP contribution is -2.37. The van der Waals surface area contributed by atoms with Gasteiger partial charge in [-0.15, -0.1) is 0 Å². The molecule has 1 atom stereocenters. The normalized spacial score (nSPS) is 16.4. The van der Waals surface area contributed by atoms with E-state index in [2.05, 4.69) is 9.72 Å². The van der Waals surface area contributed by atoms with Crippen LogP contribution in [0, 0.1) is 18.6 Å². The third-order valence-corrected chi connectivity index (χ3v) is 5.78. The van der Waals surface area contributed by atoms with E-state index in [9.17, 15) is 9.59 Å². The molecule has 0 aliphatic carbocycles. The molecule has 2 aromatic heterocycles. The largest absolute Gasteiger partial charge is 0.465 e. The number of fused-ring (bicyclic) bond motifs is 1. The van der Waals surface area contributed by atoms with Crippen molar-refractivity contribution in [2.45, 2.75) is 25.9 Å². The molecule has 180 valence electrons. The van der Waals surface area contributed by atoms with Gasteiger partial charge < -0.3 is 23.5 Å². The topological polar surface area (TPSA) is 82.4 Å². The van der Waals surface area contributed by atoms with E-state index in [1.165, 1.54) is 7.11 Å². The molecule has 3 heterocycles. The van der Waals surface area contributed by atoms with Gasteiger partial charge in [0.2, 0.25) is 0 Å². The first kappa shape index (κ1) is 23.6. The van der Waals surface area contributed by atoms with E-state index in [1.807, 2.05) is 13.0 Å². The highest BCUT2D eigenvalue weighted by Gasteiger charge is 2.28. The van der Waals surface area contributed by atoms with Crippen molar-refractivity contribution in [2.24, 2.45) is 0 Å². The predicted octanol–water partition coefficient (Wildman–Crippen LogP) is 3.77. The molecule has 1 fully saturated rings. The van der Waals surface area contributed by atoms with E-state index in [-0.39, 0.29) is 29.8 Å². The molecule has 8 nitrogen and oxygen atoms in total. The molecule has 4 rings (SSSR count). The van der Waals surface area contributed by atoms with Crippen molar-refractivity contribution in [3.05, 3.63) is 58.9 Å². The molecule has 10 heteroatoms. The molecule has 1 aromatic carbocycles. The minimum absolute atomic E-state index is 0.106. The van der Waals surface area contributed by atoms with Gasteiger partial charge >= 0.3 is 12.1 Å². The van der Waals surface area contributed by atoms with Crippen LogP contribution in [0.15, 0.2) is 30.5 Å². The monoisotopic (exact) mass is 473 g/mol. The Labute approximate surface area is 195 Å². The Morgan fingerprint density at radius 2 is 1.91 bits per heavy atom. The minimum Gasteiger partial charge on any atom is -0.465 e. The van der Waals surface area contributed by atoms with Gasteiger partial charge in [-0.3, -0.25) is 0 Å². The summed E-state index contributed by atoms with van der Waals surface area (Å²) in [5.74, 6) is -2.70. The third kappa shape index (κ3) is 4.58. The highest BCUT2D eigenvalue weighted by Crippen LogP contribution is 2.32. The van der Waals surface area contributed by atoms with Crippen LogP contribution in [0.3, 0.4) is 0 Å². The molecular weight excluding hydrogens is 448 g/mol. The number of pyridine rings is 1. The fourth-order valence-corrected chi connectivity index (χ4v) is 4.16. The quantitative estimate of drug-likeness (QED) is 0.537. The van der Waals surface area contributed by atoms with Crippen molar-refractivity contribution in [3.63, 3.8) is 0 Å². The van der Waals surface area contributed by atoms with Crippen molar-refractivity contribution in [3.8, 4) is 11.3 Å². The average molecular weight is 473 g/mol. The summed E-state index contributed by atoms with van der Waals surface area (Å²) in [5.41, 5.74) is 1.50. The molecule has 0 N–H and O–H groups in total. The number of hydrogen-bond donors (Lipinski definition) is 0. The number of halogens is 2. The Morgan fingerprint density at radius 3 is 2.59 bits per heavy atom. The third-order valence-electron chi connectivity index (χ3n) is 5.78. The van der Waals surface area contributed by atoms with Gasteiger partial charge in [0.25, 0.3) is 0 Å². The fraction of sp³-hybridized carbons (Fsp3) is 0.375. The Hall–Kier alpha value is -3.53. The van der Waals surface area contributed by atoms with Gasteiger partial charge in [-0.2, -0.15) is 0 Å². The first-order valence-electron chi connectivity index (χ1n) is 10.8. The summed E-state index contributed by atoms with van der Waals surface area (Å²) in [5, 5.41) is 0. The molecular formula is C24H25F2N3O5. The van der Waals surface area contributed by atoms with Crippen molar-refractivity contribution in [1.29, 1.82) is 0 Å². The number of aryl methyl sites for hydroxylation is 1. The maximum absolute atomic E-state index is 15.1. The molecule has 0 saturated carbocycles. The maximum atomic E-state index is 15.1. The molecule has 0 bridgehead atoms. The van der Waals surface area contributed by atoms with Crippen LogP contribution in [0.2, 0.25) is 0 Å². The number of benzene rings is 1.